The van der Waals surface area contributed by atoms with Gasteiger partial charge < -0.3 is 15.4 Å². The zero-order chi connectivity index (χ0) is 25.0. The monoisotopic (exact) mass is 470 g/mol. The molecule has 0 bridgehead atoms. The number of hydrogen-bond acceptors (Lipinski definition) is 3. The Morgan fingerprint density at radius 2 is 1.51 bits per heavy atom. The number of hydrogen-bond donors (Lipinski definition) is 2. The minimum Gasteiger partial charge on any atom is -0.481 e. The molecular weight excluding hydrogens is 436 g/mol. The lowest BCUT2D eigenvalue weighted by molar-refractivity contribution is -0.122. The minimum absolute atomic E-state index is 0.0300. The molecule has 4 rings (SSSR count). The molecule has 0 unspecified atom stereocenters. The van der Waals surface area contributed by atoms with Crippen LogP contribution in [0.15, 0.2) is 66.7 Å². The third kappa shape index (κ3) is 6.10. The molecule has 35 heavy (non-hydrogen) atoms. The van der Waals surface area contributed by atoms with Crippen LogP contribution in [0.25, 0.3) is 0 Å². The molecule has 0 aliphatic heterocycles. The van der Waals surface area contributed by atoms with Gasteiger partial charge >= 0.3 is 0 Å². The normalized spacial score (nSPS) is 13.9. The third-order valence-corrected chi connectivity index (χ3v) is 6.43. The first-order chi connectivity index (χ1) is 16.7. The number of ether oxygens (including phenoxy) is 1. The van der Waals surface area contributed by atoms with Gasteiger partial charge in [0.15, 0.2) is 6.10 Å². The van der Waals surface area contributed by atoms with Gasteiger partial charge in [-0.15, -0.1) is 0 Å². The lowest BCUT2D eigenvalue weighted by Crippen LogP contribution is -2.30. The smallest absolute Gasteiger partial charge is 0.265 e. The van der Waals surface area contributed by atoms with E-state index < -0.39 is 6.10 Å². The molecule has 3 aromatic rings. The number of amides is 2. The summed E-state index contributed by atoms with van der Waals surface area (Å²) in [5.41, 5.74) is 5.53. The average molecular weight is 471 g/mol. The molecule has 5 nitrogen and oxygen atoms in total. The first-order valence-corrected chi connectivity index (χ1v) is 12.3. The van der Waals surface area contributed by atoms with E-state index in [1.165, 1.54) is 23.1 Å². The number of fused-ring (bicyclic) bond motifs is 1. The Labute approximate surface area is 207 Å². The molecule has 0 radical (unpaired) electrons. The molecule has 0 spiro atoms. The van der Waals surface area contributed by atoms with Gasteiger partial charge in [0.1, 0.15) is 5.75 Å². The van der Waals surface area contributed by atoms with E-state index in [1.54, 1.807) is 31.2 Å². The first-order valence-electron chi connectivity index (χ1n) is 12.3. The largest absolute Gasteiger partial charge is 0.481 e. The predicted molar refractivity (Wildman–Crippen MR) is 141 cm³/mol. The van der Waals surface area contributed by atoms with Crippen LogP contribution in [0.3, 0.4) is 0 Å². The average Bonchev–Trinajstić information content (AvgIpc) is 2.84. The highest BCUT2D eigenvalue weighted by molar-refractivity contribution is 6.04. The number of nitrogens with one attached hydrogen (secondary N) is 2. The molecule has 3 aromatic carbocycles. The van der Waals surface area contributed by atoms with Crippen molar-refractivity contribution < 1.29 is 14.3 Å². The maximum atomic E-state index is 12.8. The third-order valence-electron chi connectivity index (χ3n) is 6.43. The van der Waals surface area contributed by atoms with Gasteiger partial charge in [-0.2, -0.15) is 0 Å². The summed E-state index contributed by atoms with van der Waals surface area (Å²) >= 11 is 0. The second-order valence-corrected chi connectivity index (χ2v) is 10.2. The Balaban J connectivity index is 1.38. The number of benzene rings is 3. The van der Waals surface area contributed by atoms with Gasteiger partial charge in [0, 0.05) is 16.9 Å². The molecule has 2 amide bonds. The van der Waals surface area contributed by atoms with Crippen LogP contribution in [0.4, 0.5) is 11.4 Å². The Morgan fingerprint density at radius 1 is 0.857 bits per heavy atom. The molecule has 1 aliphatic rings. The topological polar surface area (TPSA) is 67.4 Å². The fraction of sp³-hybridized carbons (Fsp3) is 0.333. The summed E-state index contributed by atoms with van der Waals surface area (Å²) in [6, 6.07) is 20.9. The van der Waals surface area contributed by atoms with Crippen molar-refractivity contribution in [1.82, 2.24) is 0 Å². The molecule has 2 N–H and O–H groups in total. The van der Waals surface area contributed by atoms with E-state index in [2.05, 4.69) is 37.5 Å². The zero-order valence-electron chi connectivity index (χ0n) is 21.0. The van der Waals surface area contributed by atoms with E-state index in [0.29, 0.717) is 16.9 Å². The number of rotatable bonds is 6. The molecule has 1 aliphatic carbocycles. The summed E-state index contributed by atoms with van der Waals surface area (Å²) < 4.78 is 6.05. The minimum atomic E-state index is -0.650. The summed E-state index contributed by atoms with van der Waals surface area (Å²) in [6.45, 7) is 8.18. The molecule has 182 valence electrons. The van der Waals surface area contributed by atoms with Crippen molar-refractivity contribution in [2.75, 3.05) is 10.6 Å². The van der Waals surface area contributed by atoms with Crippen molar-refractivity contribution in [2.45, 2.75) is 64.9 Å². The van der Waals surface area contributed by atoms with Gasteiger partial charge in [0.25, 0.3) is 11.8 Å². The van der Waals surface area contributed by atoms with Gasteiger partial charge in [-0.1, -0.05) is 51.1 Å². The maximum absolute atomic E-state index is 12.8. The van der Waals surface area contributed by atoms with Crippen LogP contribution in [0.1, 0.15) is 67.6 Å². The highest BCUT2D eigenvalue weighted by Gasteiger charge is 2.20. The van der Waals surface area contributed by atoms with Crippen molar-refractivity contribution in [3.63, 3.8) is 0 Å². The molecule has 0 fully saturated rings. The van der Waals surface area contributed by atoms with Gasteiger partial charge in [-0.05, 0) is 91.1 Å². The first kappa shape index (κ1) is 24.5. The van der Waals surface area contributed by atoms with Crippen LogP contribution in [-0.4, -0.2) is 17.9 Å². The summed E-state index contributed by atoms with van der Waals surface area (Å²) in [7, 11) is 0. The Bertz CT molecular complexity index is 1210. The van der Waals surface area contributed by atoms with Crippen LogP contribution in [-0.2, 0) is 23.1 Å². The van der Waals surface area contributed by atoms with Gasteiger partial charge in [0.05, 0.1) is 0 Å². The van der Waals surface area contributed by atoms with Crippen molar-refractivity contribution in [3.8, 4) is 5.75 Å². The van der Waals surface area contributed by atoms with Gasteiger partial charge in [0.2, 0.25) is 0 Å². The van der Waals surface area contributed by atoms with Gasteiger partial charge in [-0.25, -0.2) is 0 Å². The summed E-state index contributed by atoms with van der Waals surface area (Å²) in [5.74, 6) is 0.363. The second kappa shape index (κ2) is 10.3. The van der Waals surface area contributed by atoms with Crippen molar-refractivity contribution in [1.29, 1.82) is 0 Å². The van der Waals surface area contributed by atoms with Crippen molar-refractivity contribution in [3.05, 3.63) is 89.0 Å². The maximum Gasteiger partial charge on any atom is 0.265 e. The van der Waals surface area contributed by atoms with Crippen molar-refractivity contribution >= 4 is 23.2 Å². The fourth-order valence-corrected chi connectivity index (χ4v) is 4.34. The summed E-state index contributed by atoms with van der Waals surface area (Å²) in [4.78, 5) is 25.5. The number of carbonyl (C=O) groups is 2. The fourth-order valence-electron chi connectivity index (χ4n) is 4.34. The van der Waals surface area contributed by atoms with E-state index >= 15 is 0 Å². The molecule has 0 heterocycles. The quantitative estimate of drug-likeness (QED) is 0.431. The second-order valence-electron chi connectivity index (χ2n) is 10.2. The van der Waals surface area contributed by atoms with E-state index in [-0.39, 0.29) is 17.2 Å². The zero-order valence-corrected chi connectivity index (χ0v) is 21.0. The van der Waals surface area contributed by atoms with E-state index in [0.717, 1.165) is 25.0 Å². The molecule has 0 saturated heterocycles. The van der Waals surface area contributed by atoms with Crippen LogP contribution < -0.4 is 15.4 Å². The number of anilines is 2. The van der Waals surface area contributed by atoms with Crippen molar-refractivity contribution in [2.24, 2.45) is 0 Å². The summed E-state index contributed by atoms with van der Waals surface area (Å²) in [6.07, 6.45) is 3.74. The lowest BCUT2D eigenvalue weighted by Gasteiger charge is -2.22. The number of carbonyl (C=O) groups excluding carboxylic acids is 2. The molecule has 0 saturated carbocycles. The van der Waals surface area contributed by atoms with E-state index in [4.69, 9.17) is 4.74 Å². The number of aryl methyl sites for hydroxylation is 1. The Morgan fingerprint density at radius 3 is 2.23 bits per heavy atom. The van der Waals surface area contributed by atoms with Crippen LogP contribution in [0.5, 0.6) is 5.75 Å². The van der Waals surface area contributed by atoms with Crippen LogP contribution in [0, 0.1) is 0 Å². The molecular formula is C30H34N2O3. The van der Waals surface area contributed by atoms with Crippen LogP contribution in [0.2, 0.25) is 0 Å². The Kier molecular flexibility index (Phi) is 7.25. The standard InChI is InChI=1S/C30H34N2O3/c1-20(35-27-14-7-10-21-9-5-6-13-26(21)27)28(33)31-24-11-8-12-25(19-24)32-29(34)22-15-17-23(18-16-22)30(2,3)4/h7-8,10-12,14-20H,5-6,9,13H2,1-4H3,(H,31,33)(H,32,34)/t20-/m1/s1. The highest BCUT2D eigenvalue weighted by atomic mass is 16.5. The molecule has 5 heteroatoms. The van der Waals surface area contributed by atoms with E-state index in [9.17, 15) is 9.59 Å². The SMILES string of the molecule is C[C@@H](Oc1cccc2c1CCCC2)C(=O)Nc1cccc(NC(=O)c2ccc(C(C)(C)C)cc2)c1. The highest BCUT2D eigenvalue weighted by Crippen LogP contribution is 2.30. The summed E-state index contributed by atoms with van der Waals surface area (Å²) in [5, 5.41) is 5.82. The predicted octanol–water partition coefficient (Wildman–Crippen LogP) is 6.52. The lowest BCUT2D eigenvalue weighted by atomic mass is 9.87. The molecule has 0 aromatic heterocycles. The van der Waals surface area contributed by atoms with Gasteiger partial charge in [-0.3, -0.25) is 9.59 Å². The van der Waals surface area contributed by atoms with Crippen LogP contribution >= 0.6 is 0 Å². The Hall–Kier alpha value is -3.60. The molecule has 1 atom stereocenters. The van der Waals surface area contributed by atoms with E-state index in [1.807, 2.05) is 36.4 Å².